The number of benzene rings is 1. The second-order valence-electron chi connectivity index (χ2n) is 6.38. The molecule has 2 rings (SSSR count). The largest absolute Gasteiger partial charge is 0.336 e. The normalized spacial score (nSPS) is 21.9. The predicted molar refractivity (Wildman–Crippen MR) is 92.3 cm³/mol. The van der Waals surface area contributed by atoms with Gasteiger partial charge in [0.05, 0.1) is 10.0 Å². The zero-order valence-electron chi connectivity index (χ0n) is 13.4. The molecule has 0 spiro atoms. The van der Waals surface area contributed by atoms with Crippen LogP contribution in [-0.4, -0.2) is 29.4 Å². The number of carbonyl (C=O) groups is 1. The quantitative estimate of drug-likeness (QED) is 0.892. The third-order valence-corrected chi connectivity index (χ3v) is 4.96. The van der Waals surface area contributed by atoms with Gasteiger partial charge in [0.2, 0.25) is 5.91 Å². The van der Waals surface area contributed by atoms with Crippen molar-refractivity contribution in [3.05, 3.63) is 33.8 Å². The van der Waals surface area contributed by atoms with Crippen molar-refractivity contribution in [2.45, 2.75) is 52.2 Å². The Morgan fingerprint density at radius 2 is 2.09 bits per heavy atom. The van der Waals surface area contributed by atoms with Crippen LogP contribution >= 0.6 is 23.2 Å². The van der Waals surface area contributed by atoms with Crippen LogP contribution in [0.1, 0.15) is 39.2 Å². The average Bonchev–Trinajstić information content (AvgIpc) is 2.47. The van der Waals surface area contributed by atoms with Crippen LogP contribution in [0.4, 0.5) is 0 Å². The van der Waals surface area contributed by atoms with Crippen molar-refractivity contribution in [1.82, 2.24) is 10.2 Å². The Morgan fingerprint density at radius 3 is 2.68 bits per heavy atom. The first-order valence-electron chi connectivity index (χ1n) is 7.86. The highest BCUT2D eigenvalue weighted by Gasteiger charge is 2.29. The standard InChI is InChI=1S/C17H24Cl2N2O/c1-11(2)21(10-13-4-5-15(18)16(19)9-13)17(22)14-6-7-20-12(3)8-14/h4-5,9,11-12,14,20H,6-8,10H2,1-3H3/t12-,14-/m0/s1. The summed E-state index contributed by atoms with van der Waals surface area (Å²) in [4.78, 5) is 14.8. The summed E-state index contributed by atoms with van der Waals surface area (Å²) >= 11 is 12.0. The van der Waals surface area contributed by atoms with Gasteiger partial charge in [0.15, 0.2) is 0 Å². The topological polar surface area (TPSA) is 32.3 Å². The Bertz CT molecular complexity index is 533. The lowest BCUT2D eigenvalue weighted by molar-refractivity contribution is -0.139. The monoisotopic (exact) mass is 342 g/mol. The summed E-state index contributed by atoms with van der Waals surface area (Å²) in [5.41, 5.74) is 1.01. The highest BCUT2D eigenvalue weighted by molar-refractivity contribution is 6.42. The summed E-state index contributed by atoms with van der Waals surface area (Å²) in [7, 11) is 0. The molecule has 1 amide bonds. The zero-order valence-corrected chi connectivity index (χ0v) is 14.9. The molecule has 0 radical (unpaired) electrons. The van der Waals surface area contributed by atoms with Gasteiger partial charge in [-0.15, -0.1) is 0 Å². The van der Waals surface area contributed by atoms with Gasteiger partial charge in [0, 0.05) is 24.5 Å². The lowest BCUT2D eigenvalue weighted by Crippen LogP contribution is -2.46. The molecule has 0 unspecified atom stereocenters. The maximum Gasteiger partial charge on any atom is 0.226 e. The summed E-state index contributed by atoms with van der Waals surface area (Å²) in [6.45, 7) is 7.74. The fraction of sp³-hybridized carbons (Fsp3) is 0.588. The number of nitrogens with zero attached hydrogens (tertiary/aromatic N) is 1. The Labute approximate surface area is 143 Å². The Morgan fingerprint density at radius 1 is 1.36 bits per heavy atom. The van der Waals surface area contributed by atoms with Crippen molar-refractivity contribution in [2.24, 2.45) is 5.92 Å². The van der Waals surface area contributed by atoms with Crippen molar-refractivity contribution in [3.8, 4) is 0 Å². The maximum absolute atomic E-state index is 12.9. The minimum absolute atomic E-state index is 0.112. The van der Waals surface area contributed by atoms with Crippen LogP contribution in [0.3, 0.4) is 0 Å². The van der Waals surface area contributed by atoms with E-state index in [1.165, 1.54) is 0 Å². The first-order chi connectivity index (χ1) is 10.4. The molecule has 1 aliphatic rings. The molecule has 1 aromatic carbocycles. The van der Waals surface area contributed by atoms with E-state index in [1.807, 2.05) is 17.0 Å². The van der Waals surface area contributed by atoms with Crippen molar-refractivity contribution < 1.29 is 4.79 Å². The summed E-state index contributed by atoms with van der Waals surface area (Å²) < 4.78 is 0. The van der Waals surface area contributed by atoms with Crippen molar-refractivity contribution >= 4 is 29.1 Å². The van der Waals surface area contributed by atoms with Gasteiger partial charge in [0.25, 0.3) is 0 Å². The van der Waals surface area contributed by atoms with Gasteiger partial charge in [-0.05, 0) is 57.9 Å². The van der Waals surface area contributed by atoms with Crippen molar-refractivity contribution in [2.75, 3.05) is 6.54 Å². The molecule has 1 heterocycles. The molecule has 22 heavy (non-hydrogen) atoms. The van der Waals surface area contributed by atoms with E-state index in [4.69, 9.17) is 23.2 Å². The average molecular weight is 343 g/mol. The molecule has 2 atom stereocenters. The van der Waals surface area contributed by atoms with Gasteiger partial charge in [-0.25, -0.2) is 0 Å². The number of rotatable bonds is 4. The first kappa shape index (κ1) is 17.6. The molecule has 0 bridgehead atoms. The molecule has 3 nitrogen and oxygen atoms in total. The van der Waals surface area contributed by atoms with Crippen molar-refractivity contribution in [1.29, 1.82) is 0 Å². The third-order valence-electron chi connectivity index (χ3n) is 4.22. The van der Waals surface area contributed by atoms with Gasteiger partial charge in [-0.1, -0.05) is 29.3 Å². The molecule has 1 fully saturated rings. The van der Waals surface area contributed by atoms with Crippen LogP contribution < -0.4 is 5.32 Å². The molecule has 0 aromatic heterocycles. The number of halogens is 2. The first-order valence-corrected chi connectivity index (χ1v) is 8.62. The van der Waals surface area contributed by atoms with E-state index in [-0.39, 0.29) is 17.9 Å². The van der Waals surface area contributed by atoms with E-state index in [1.54, 1.807) is 6.07 Å². The lowest BCUT2D eigenvalue weighted by Gasteiger charge is -2.34. The minimum atomic E-state index is 0.112. The Hall–Kier alpha value is -0.770. The maximum atomic E-state index is 12.9. The Balaban J connectivity index is 2.11. The van der Waals surface area contributed by atoms with Gasteiger partial charge in [0.1, 0.15) is 0 Å². The van der Waals surface area contributed by atoms with Crippen LogP contribution in [-0.2, 0) is 11.3 Å². The van der Waals surface area contributed by atoms with E-state index in [9.17, 15) is 4.79 Å². The zero-order chi connectivity index (χ0) is 16.3. The van der Waals surface area contributed by atoms with Gasteiger partial charge < -0.3 is 10.2 Å². The van der Waals surface area contributed by atoms with Crippen LogP contribution in [0.5, 0.6) is 0 Å². The third kappa shape index (κ3) is 4.37. The highest BCUT2D eigenvalue weighted by atomic mass is 35.5. The summed E-state index contributed by atoms with van der Waals surface area (Å²) in [5, 5.41) is 4.47. The molecule has 1 aliphatic heterocycles. The molecule has 5 heteroatoms. The van der Waals surface area contributed by atoms with E-state index < -0.39 is 0 Å². The minimum Gasteiger partial charge on any atom is -0.336 e. The van der Waals surface area contributed by atoms with Crippen LogP contribution in [0.15, 0.2) is 18.2 Å². The SMILES string of the molecule is CC(C)N(Cc1ccc(Cl)c(Cl)c1)C(=O)[C@H]1CCN[C@@H](C)C1. The number of hydrogen-bond donors (Lipinski definition) is 1. The van der Waals surface area contributed by atoms with E-state index in [0.29, 0.717) is 22.6 Å². The Kier molecular flexibility index (Phi) is 6.13. The highest BCUT2D eigenvalue weighted by Crippen LogP contribution is 2.25. The number of nitrogens with one attached hydrogen (secondary N) is 1. The number of piperidine rings is 1. The second-order valence-corrected chi connectivity index (χ2v) is 7.20. The van der Waals surface area contributed by atoms with Crippen molar-refractivity contribution in [3.63, 3.8) is 0 Å². The van der Waals surface area contributed by atoms with E-state index in [2.05, 4.69) is 26.1 Å². The number of carbonyl (C=O) groups excluding carboxylic acids is 1. The summed E-state index contributed by atoms with van der Waals surface area (Å²) in [6.07, 6.45) is 1.82. The van der Waals surface area contributed by atoms with E-state index >= 15 is 0 Å². The fourth-order valence-corrected chi connectivity index (χ4v) is 3.26. The molecule has 0 aliphatic carbocycles. The molecule has 122 valence electrons. The fourth-order valence-electron chi connectivity index (χ4n) is 2.94. The molecule has 1 aromatic rings. The van der Waals surface area contributed by atoms with Crippen LogP contribution in [0, 0.1) is 5.92 Å². The molecule has 0 saturated carbocycles. The van der Waals surface area contributed by atoms with Gasteiger partial charge >= 0.3 is 0 Å². The number of hydrogen-bond acceptors (Lipinski definition) is 2. The molecular weight excluding hydrogens is 319 g/mol. The smallest absolute Gasteiger partial charge is 0.226 e. The predicted octanol–water partition coefficient (Wildman–Crippen LogP) is 4.12. The second kappa shape index (κ2) is 7.67. The summed E-state index contributed by atoms with van der Waals surface area (Å²) in [5.74, 6) is 0.357. The number of amides is 1. The molecule has 1 N–H and O–H groups in total. The van der Waals surface area contributed by atoms with Crippen LogP contribution in [0.2, 0.25) is 10.0 Å². The van der Waals surface area contributed by atoms with Crippen LogP contribution in [0.25, 0.3) is 0 Å². The van der Waals surface area contributed by atoms with E-state index in [0.717, 1.165) is 24.9 Å². The molecule has 1 saturated heterocycles. The lowest BCUT2D eigenvalue weighted by atomic mass is 9.91. The molecular formula is C17H24Cl2N2O. The summed E-state index contributed by atoms with van der Waals surface area (Å²) in [6, 6.07) is 6.13. The van der Waals surface area contributed by atoms with Gasteiger partial charge in [-0.2, -0.15) is 0 Å². The van der Waals surface area contributed by atoms with Gasteiger partial charge in [-0.3, -0.25) is 4.79 Å².